The summed E-state index contributed by atoms with van der Waals surface area (Å²) in [6, 6.07) is 0.156. The van der Waals surface area contributed by atoms with Crippen molar-refractivity contribution in [1.29, 1.82) is 0 Å². The summed E-state index contributed by atoms with van der Waals surface area (Å²) >= 11 is 0. The Kier molecular flexibility index (Phi) is 4.89. The Morgan fingerprint density at radius 3 is 1.67 bits per heavy atom. The van der Waals surface area contributed by atoms with Crippen molar-refractivity contribution in [2.75, 3.05) is 18.4 Å². The fourth-order valence-corrected chi connectivity index (χ4v) is 1.31. The number of hydrogen-bond acceptors (Lipinski definition) is 2. The van der Waals surface area contributed by atoms with Gasteiger partial charge in [0.15, 0.2) is 23.3 Å². The van der Waals surface area contributed by atoms with E-state index in [4.69, 9.17) is 0 Å². The SMILES string of the molecule is CC(C)NCCNc1c(F)c(F)c(F)c(F)c1F. The van der Waals surface area contributed by atoms with Crippen molar-refractivity contribution in [2.45, 2.75) is 19.9 Å². The van der Waals surface area contributed by atoms with Crippen LogP contribution in [0.15, 0.2) is 0 Å². The van der Waals surface area contributed by atoms with E-state index in [2.05, 4.69) is 10.6 Å². The molecule has 0 bridgehead atoms. The van der Waals surface area contributed by atoms with Crippen LogP contribution in [0.1, 0.15) is 13.8 Å². The van der Waals surface area contributed by atoms with Gasteiger partial charge in [0.2, 0.25) is 5.82 Å². The lowest BCUT2D eigenvalue weighted by Gasteiger charge is -2.12. The van der Waals surface area contributed by atoms with Crippen LogP contribution in [0.25, 0.3) is 0 Å². The van der Waals surface area contributed by atoms with Gasteiger partial charge in [-0.05, 0) is 0 Å². The molecule has 0 radical (unpaired) electrons. The molecule has 18 heavy (non-hydrogen) atoms. The monoisotopic (exact) mass is 268 g/mol. The van der Waals surface area contributed by atoms with Gasteiger partial charge in [0, 0.05) is 19.1 Å². The standard InChI is InChI=1S/C11H13F5N2/c1-5(2)17-3-4-18-11-9(15)7(13)6(12)8(14)10(11)16/h5,17-18H,3-4H2,1-2H3. The Bertz CT molecular complexity index is 405. The van der Waals surface area contributed by atoms with Crippen LogP contribution in [0, 0.1) is 29.1 Å². The molecule has 0 aliphatic rings. The molecular weight excluding hydrogens is 255 g/mol. The fraction of sp³-hybridized carbons (Fsp3) is 0.455. The summed E-state index contributed by atoms with van der Waals surface area (Å²) in [5.41, 5.74) is -1.00. The van der Waals surface area contributed by atoms with Gasteiger partial charge in [0.05, 0.1) is 0 Å². The van der Waals surface area contributed by atoms with Crippen LogP contribution in [0.3, 0.4) is 0 Å². The first-order valence-electron chi connectivity index (χ1n) is 5.35. The van der Waals surface area contributed by atoms with Crippen LogP contribution < -0.4 is 10.6 Å². The molecule has 2 N–H and O–H groups in total. The quantitative estimate of drug-likeness (QED) is 0.371. The first kappa shape index (κ1) is 14.7. The topological polar surface area (TPSA) is 24.1 Å². The summed E-state index contributed by atoms with van der Waals surface area (Å²) in [6.07, 6.45) is 0. The summed E-state index contributed by atoms with van der Waals surface area (Å²) in [4.78, 5) is 0. The highest BCUT2D eigenvalue weighted by Gasteiger charge is 2.25. The minimum absolute atomic E-state index is 0.0382. The zero-order chi connectivity index (χ0) is 13.9. The molecule has 0 saturated heterocycles. The second kappa shape index (κ2) is 5.99. The molecule has 0 aromatic heterocycles. The molecule has 0 atom stereocenters. The van der Waals surface area contributed by atoms with Gasteiger partial charge in [-0.15, -0.1) is 0 Å². The summed E-state index contributed by atoms with van der Waals surface area (Å²) in [5.74, 6) is -9.76. The molecule has 0 aliphatic carbocycles. The molecule has 0 heterocycles. The molecule has 0 spiro atoms. The van der Waals surface area contributed by atoms with E-state index in [1.807, 2.05) is 13.8 Å². The zero-order valence-electron chi connectivity index (χ0n) is 9.88. The molecule has 0 unspecified atom stereocenters. The van der Waals surface area contributed by atoms with Crippen LogP contribution in [-0.4, -0.2) is 19.1 Å². The lowest BCUT2D eigenvalue weighted by molar-refractivity contribution is 0.381. The van der Waals surface area contributed by atoms with E-state index in [1.54, 1.807) is 0 Å². The highest BCUT2D eigenvalue weighted by Crippen LogP contribution is 2.26. The average Bonchev–Trinajstić information content (AvgIpc) is 2.32. The third-order valence-electron chi connectivity index (χ3n) is 2.19. The Hall–Kier alpha value is -1.37. The molecular formula is C11H13F5N2. The maximum absolute atomic E-state index is 13.2. The molecule has 102 valence electrons. The molecule has 0 aliphatic heterocycles. The van der Waals surface area contributed by atoms with Gasteiger partial charge in [-0.25, -0.2) is 22.0 Å². The van der Waals surface area contributed by atoms with Crippen molar-refractivity contribution >= 4 is 5.69 Å². The largest absolute Gasteiger partial charge is 0.379 e. The van der Waals surface area contributed by atoms with Gasteiger partial charge in [-0.3, -0.25) is 0 Å². The average molecular weight is 268 g/mol. The van der Waals surface area contributed by atoms with Gasteiger partial charge >= 0.3 is 0 Å². The highest BCUT2D eigenvalue weighted by molar-refractivity contribution is 5.47. The molecule has 1 rings (SSSR count). The van der Waals surface area contributed by atoms with Crippen LogP contribution in [0.2, 0.25) is 0 Å². The number of rotatable bonds is 5. The number of benzene rings is 1. The molecule has 0 amide bonds. The fourth-order valence-electron chi connectivity index (χ4n) is 1.31. The van der Waals surface area contributed by atoms with Crippen molar-refractivity contribution in [2.24, 2.45) is 0 Å². The van der Waals surface area contributed by atoms with Gasteiger partial charge in [0.1, 0.15) is 5.69 Å². The van der Waals surface area contributed by atoms with Crippen LogP contribution in [0.4, 0.5) is 27.6 Å². The van der Waals surface area contributed by atoms with Gasteiger partial charge < -0.3 is 10.6 Å². The first-order valence-corrected chi connectivity index (χ1v) is 5.35. The molecule has 1 aromatic rings. The van der Waals surface area contributed by atoms with E-state index in [1.165, 1.54) is 0 Å². The van der Waals surface area contributed by atoms with E-state index < -0.39 is 34.8 Å². The summed E-state index contributed by atoms with van der Waals surface area (Å²) in [6.45, 7) is 4.09. The van der Waals surface area contributed by atoms with Gasteiger partial charge in [-0.2, -0.15) is 0 Å². The Morgan fingerprint density at radius 1 is 0.778 bits per heavy atom. The second-order valence-corrected chi connectivity index (χ2v) is 3.98. The Morgan fingerprint density at radius 2 is 1.22 bits per heavy atom. The molecule has 0 fully saturated rings. The molecule has 7 heteroatoms. The maximum atomic E-state index is 13.2. The lowest BCUT2D eigenvalue weighted by Crippen LogP contribution is -2.28. The van der Waals surface area contributed by atoms with Crippen molar-refractivity contribution in [1.82, 2.24) is 5.32 Å². The number of hydrogen-bond donors (Lipinski definition) is 2. The van der Waals surface area contributed by atoms with Gasteiger partial charge in [0.25, 0.3) is 0 Å². The summed E-state index contributed by atoms with van der Waals surface area (Å²) < 4.78 is 64.7. The van der Waals surface area contributed by atoms with Gasteiger partial charge in [-0.1, -0.05) is 13.8 Å². The van der Waals surface area contributed by atoms with Crippen molar-refractivity contribution in [3.63, 3.8) is 0 Å². The number of anilines is 1. The minimum atomic E-state index is -2.16. The predicted molar refractivity (Wildman–Crippen MR) is 57.9 cm³/mol. The van der Waals surface area contributed by atoms with Crippen LogP contribution >= 0.6 is 0 Å². The second-order valence-electron chi connectivity index (χ2n) is 3.98. The van der Waals surface area contributed by atoms with E-state index in [0.29, 0.717) is 6.54 Å². The van der Waals surface area contributed by atoms with Crippen molar-refractivity contribution < 1.29 is 22.0 Å². The minimum Gasteiger partial charge on any atom is -0.379 e. The molecule has 2 nitrogen and oxygen atoms in total. The van der Waals surface area contributed by atoms with E-state index in [9.17, 15) is 22.0 Å². The normalized spacial score (nSPS) is 11.1. The predicted octanol–water partition coefficient (Wildman–Crippen LogP) is 2.79. The third-order valence-corrected chi connectivity index (χ3v) is 2.19. The number of halogens is 5. The first-order chi connectivity index (χ1) is 8.36. The van der Waals surface area contributed by atoms with Crippen molar-refractivity contribution in [3.8, 4) is 0 Å². The molecule has 0 saturated carbocycles. The van der Waals surface area contributed by atoms with Crippen LogP contribution in [0.5, 0.6) is 0 Å². The van der Waals surface area contributed by atoms with E-state index >= 15 is 0 Å². The smallest absolute Gasteiger partial charge is 0.200 e. The van der Waals surface area contributed by atoms with Crippen LogP contribution in [-0.2, 0) is 0 Å². The molecule has 1 aromatic carbocycles. The zero-order valence-corrected chi connectivity index (χ0v) is 9.88. The third kappa shape index (κ3) is 3.10. The Balaban J connectivity index is 2.83. The lowest BCUT2D eigenvalue weighted by atomic mass is 10.2. The summed E-state index contributed by atoms with van der Waals surface area (Å²) in [5, 5.41) is 5.11. The Labute approximate surface area is 101 Å². The highest BCUT2D eigenvalue weighted by atomic mass is 19.2. The maximum Gasteiger partial charge on any atom is 0.200 e. The van der Waals surface area contributed by atoms with E-state index in [0.717, 1.165) is 0 Å². The van der Waals surface area contributed by atoms with E-state index in [-0.39, 0.29) is 12.6 Å². The number of nitrogens with one attached hydrogen (secondary N) is 2. The van der Waals surface area contributed by atoms with Crippen molar-refractivity contribution in [3.05, 3.63) is 29.1 Å². The summed E-state index contributed by atoms with van der Waals surface area (Å²) in [7, 11) is 0.